The van der Waals surface area contributed by atoms with E-state index in [0.29, 0.717) is 36.7 Å². The smallest absolute Gasteiger partial charge is 0.235 e. The number of ether oxygens (including phenoxy) is 1. The van der Waals surface area contributed by atoms with Crippen molar-refractivity contribution >= 4 is 33.0 Å². The Morgan fingerprint density at radius 3 is 2.70 bits per heavy atom. The van der Waals surface area contributed by atoms with Gasteiger partial charge >= 0.3 is 0 Å². The molecule has 2 aliphatic rings. The van der Waals surface area contributed by atoms with E-state index in [1.54, 1.807) is 24.1 Å². The summed E-state index contributed by atoms with van der Waals surface area (Å²) in [5.41, 5.74) is 2.10. The molecule has 2 aliphatic heterocycles. The molecule has 0 bridgehead atoms. The summed E-state index contributed by atoms with van der Waals surface area (Å²) >= 11 is 6.27. The summed E-state index contributed by atoms with van der Waals surface area (Å²) < 4.78 is 29.7. The summed E-state index contributed by atoms with van der Waals surface area (Å²) in [4.78, 5) is 15.2. The molecule has 1 amide bonds. The van der Waals surface area contributed by atoms with Gasteiger partial charge in [-0.25, -0.2) is 8.42 Å². The Bertz CT molecular complexity index is 1070. The summed E-state index contributed by atoms with van der Waals surface area (Å²) in [5, 5.41) is 7.81. The molecule has 0 atom stereocenters. The minimum absolute atomic E-state index is 0.00584. The van der Waals surface area contributed by atoms with Gasteiger partial charge in [-0.1, -0.05) is 11.6 Å². The fourth-order valence-electron chi connectivity index (χ4n) is 4.32. The molecule has 1 saturated heterocycles. The number of amides is 1. The highest BCUT2D eigenvalue weighted by molar-refractivity contribution is 7.90. The fraction of sp³-hybridized carbons (Fsp3) is 0.500. The Hall–Kier alpha value is -2.10. The van der Waals surface area contributed by atoms with Gasteiger partial charge in [-0.2, -0.15) is 5.10 Å². The van der Waals surface area contributed by atoms with Crippen LogP contribution in [0.5, 0.6) is 5.75 Å². The van der Waals surface area contributed by atoms with Gasteiger partial charge < -0.3 is 10.1 Å². The molecule has 4 rings (SSSR count). The number of aromatic nitrogens is 2. The van der Waals surface area contributed by atoms with Crippen molar-refractivity contribution in [1.82, 2.24) is 14.7 Å². The van der Waals surface area contributed by atoms with Gasteiger partial charge in [0.15, 0.2) is 0 Å². The van der Waals surface area contributed by atoms with Crippen LogP contribution in [0.1, 0.15) is 24.0 Å². The molecular formula is C20H25ClN4O4S. The number of benzene rings is 1. The zero-order valence-electron chi connectivity index (χ0n) is 17.0. The van der Waals surface area contributed by atoms with Crippen molar-refractivity contribution in [2.24, 2.45) is 0 Å². The maximum absolute atomic E-state index is 12.9. The summed E-state index contributed by atoms with van der Waals surface area (Å²) in [7, 11) is -1.45. The van der Waals surface area contributed by atoms with Crippen LogP contribution in [-0.2, 0) is 33.1 Å². The lowest BCUT2D eigenvalue weighted by Crippen LogP contribution is -2.46. The number of hydrogen-bond acceptors (Lipinski definition) is 6. The second kappa shape index (κ2) is 7.86. The minimum Gasteiger partial charge on any atom is -0.495 e. The third kappa shape index (κ3) is 4.06. The second-order valence-corrected chi connectivity index (χ2v) is 10.8. The quantitative estimate of drug-likeness (QED) is 0.721. The summed E-state index contributed by atoms with van der Waals surface area (Å²) in [6, 6.07) is 3.59. The fourth-order valence-corrected chi connectivity index (χ4v) is 5.05. The van der Waals surface area contributed by atoms with E-state index in [-0.39, 0.29) is 11.7 Å². The van der Waals surface area contributed by atoms with Crippen LogP contribution in [0.3, 0.4) is 0 Å². The predicted octanol–water partition coefficient (Wildman–Crippen LogP) is 2.08. The molecule has 1 aromatic heterocycles. The molecule has 8 nitrogen and oxygen atoms in total. The van der Waals surface area contributed by atoms with Gasteiger partial charge in [-0.3, -0.25) is 14.4 Å². The molecule has 1 N–H and O–H groups in total. The number of nitrogens with zero attached hydrogens (tertiary/aromatic N) is 3. The number of hydrogen-bond donors (Lipinski definition) is 1. The zero-order valence-corrected chi connectivity index (χ0v) is 18.6. The Labute approximate surface area is 181 Å². The number of rotatable bonds is 6. The van der Waals surface area contributed by atoms with E-state index < -0.39 is 15.3 Å². The van der Waals surface area contributed by atoms with Gasteiger partial charge in [0, 0.05) is 35.6 Å². The van der Waals surface area contributed by atoms with Crippen molar-refractivity contribution in [3.05, 3.63) is 40.7 Å². The van der Waals surface area contributed by atoms with Crippen molar-refractivity contribution in [3.63, 3.8) is 0 Å². The number of halogens is 1. The summed E-state index contributed by atoms with van der Waals surface area (Å²) in [5.74, 6) is 0.666. The number of aryl methyl sites for hydroxylation is 1. The standard InChI is InChI=1S/C20H25ClN4O4S/c1-29-17-10-15(21)9-16-18(17)23-19(26)20(16)3-5-24(6-4-20)12-14-11-22-25(13-14)7-8-30(2,27)28/h9-11,13H,3-8,12H2,1-2H3,(H,23,26). The maximum atomic E-state index is 12.9. The molecular weight excluding hydrogens is 428 g/mol. The highest BCUT2D eigenvalue weighted by atomic mass is 35.5. The summed E-state index contributed by atoms with van der Waals surface area (Å²) in [6.45, 7) is 2.58. The largest absolute Gasteiger partial charge is 0.495 e. The van der Waals surface area contributed by atoms with E-state index in [4.69, 9.17) is 16.3 Å². The average molecular weight is 453 g/mol. The van der Waals surface area contributed by atoms with Crippen molar-refractivity contribution in [1.29, 1.82) is 0 Å². The number of piperidine rings is 1. The Morgan fingerprint density at radius 2 is 2.03 bits per heavy atom. The van der Waals surface area contributed by atoms with Crippen LogP contribution < -0.4 is 10.1 Å². The first kappa shape index (κ1) is 21.1. The summed E-state index contributed by atoms with van der Waals surface area (Å²) in [6.07, 6.45) is 6.27. The number of methoxy groups -OCH3 is 1. The number of likely N-dealkylation sites (tertiary alicyclic amines) is 1. The Balaban J connectivity index is 1.43. The van der Waals surface area contributed by atoms with Crippen molar-refractivity contribution in [2.45, 2.75) is 31.3 Å². The van der Waals surface area contributed by atoms with Crippen molar-refractivity contribution < 1.29 is 17.9 Å². The van der Waals surface area contributed by atoms with Gasteiger partial charge in [0.25, 0.3) is 0 Å². The van der Waals surface area contributed by atoms with Crippen molar-refractivity contribution in [3.8, 4) is 5.75 Å². The predicted molar refractivity (Wildman–Crippen MR) is 115 cm³/mol. The number of carbonyl (C=O) groups excluding carboxylic acids is 1. The molecule has 0 radical (unpaired) electrons. The number of sulfone groups is 1. The number of nitrogens with one attached hydrogen (secondary N) is 1. The van der Waals surface area contributed by atoms with Crippen LogP contribution in [-0.4, -0.2) is 61.2 Å². The lowest BCUT2D eigenvalue weighted by atomic mass is 9.73. The molecule has 10 heteroatoms. The second-order valence-electron chi connectivity index (χ2n) is 8.08. The van der Waals surface area contributed by atoms with Gasteiger partial charge in [0.2, 0.25) is 5.91 Å². The third-order valence-corrected chi connectivity index (χ3v) is 7.11. The van der Waals surface area contributed by atoms with Gasteiger partial charge in [0.05, 0.1) is 36.7 Å². The molecule has 0 aliphatic carbocycles. The molecule has 30 heavy (non-hydrogen) atoms. The van der Waals surface area contributed by atoms with E-state index in [1.165, 1.54) is 6.26 Å². The monoisotopic (exact) mass is 452 g/mol. The topological polar surface area (TPSA) is 93.5 Å². The highest BCUT2D eigenvalue weighted by Crippen LogP contribution is 2.49. The molecule has 1 aromatic carbocycles. The molecule has 1 fully saturated rings. The first-order valence-electron chi connectivity index (χ1n) is 9.81. The lowest BCUT2D eigenvalue weighted by Gasteiger charge is -2.37. The zero-order chi connectivity index (χ0) is 21.5. The van der Waals surface area contributed by atoms with E-state index in [1.807, 2.05) is 12.3 Å². The van der Waals surface area contributed by atoms with E-state index in [9.17, 15) is 13.2 Å². The molecule has 0 saturated carbocycles. The van der Waals surface area contributed by atoms with E-state index >= 15 is 0 Å². The number of anilines is 1. The Morgan fingerprint density at radius 1 is 1.30 bits per heavy atom. The Kier molecular flexibility index (Phi) is 5.54. The van der Waals surface area contributed by atoms with Gasteiger partial charge in [0.1, 0.15) is 15.6 Å². The van der Waals surface area contributed by atoms with Crippen molar-refractivity contribution in [2.75, 3.05) is 37.5 Å². The molecule has 3 heterocycles. The normalized spacial score (nSPS) is 18.4. The lowest BCUT2D eigenvalue weighted by molar-refractivity contribution is -0.122. The molecule has 0 unspecified atom stereocenters. The van der Waals surface area contributed by atoms with Crippen LogP contribution in [0.25, 0.3) is 0 Å². The van der Waals surface area contributed by atoms with Gasteiger partial charge in [-0.05, 0) is 37.6 Å². The molecule has 2 aromatic rings. The third-order valence-electron chi connectivity index (χ3n) is 5.97. The highest BCUT2D eigenvalue weighted by Gasteiger charge is 2.49. The average Bonchev–Trinajstić information content (AvgIpc) is 3.24. The van der Waals surface area contributed by atoms with Gasteiger partial charge in [-0.15, -0.1) is 0 Å². The number of fused-ring (bicyclic) bond motifs is 2. The number of carbonyl (C=O) groups is 1. The van der Waals surface area contributed by atoms with Crippen LogP contribution in [0, 0.1) is 0 Å². The van der Waals surface area contributed by atoms with E-state index in [0.717, 1.165) is 29.9 Å². The van der Waals surface area contributed by atoms with E-state index in [2.05, 4.69) is 15.3 Å². The molecule has 1 spiro atoms. The van der Waals surface area contributed by atoms with Crippen LogP contribution in [0.2, 0.25) is 5.02 Å². The maximum Gasteiger partial charge on any atom is 0.235 e. The minimum atomic E-state index is -3.02. The van der Waals surface area contributed by atoms with Crippen LogP contribution >= 0.6 is 11.6 Å². The molecule has 162 valence electrons. The van der Waals surface area contributed by atoms with Crippen LogP contribution in [0.4, 0.5) is 5.69 Å². The van der Waals surface area contributed by atoms with Crippen LogP contribution in [0.15, 0.2) is 24.5 Å². The SMILES string of the molecule is COc1cc(Cl)cc2c1NC(=O)C21CCN(Cc2cnn(CCS(C)(=O)=O)c2)CC1. The first-order chi connectivity index (χ1) is 14.2. The first-order valence-corrected chi connectivity index (χ1v) is 12.2.